The minimum atomic E-state index is -0.910. The number of carbonyl (C=O) groups excluding carboxylic acids is 1. The zero-order chi connectivity index (χ0) is 23.7. The Morgan fingerprint density at radius 1 is 1.30 bits per heavy atom. The SMILES string of the molecule is CCOC(=O)C1=C(C)N=c2s/c(=C/c3ccc(Cl)cc3)c(=O)n2[C@@H]1c1cccc([N+](=O)[O-])c1. The van der Waals surface area contributed by atoms with Crippen LogP contribution in [-0.4, -0.2) is 22.1 Å². The molecule has 1 aliphatic rings. The Morgan fingerprint density at radius 3 is 2.70 bits per heavy atom. The van der Waals surface area contributed by atoms with E-state index in [1.165, 1.54) is 34.1 Å². The van der Waals surface area contributed by atoms with Crippen molar-refractivity contribution in [1.82, 2.24) is 4.57 Å². The fourth-order valence-corrected chi connectivity index (χ4v) is 4.80. The molecule has 168 valence electrons. The molecule has 2 aromatic carbocycles. The molecule has 0 saturated heterocycles. The van der Waals surface area contributed by atoms with Crippen molar-refractivity contribution in [3.63, 3.8) is 0 Å². The van der Waals surface area contributed by atoms with E-state index >= 15 is 0 Å². The number of hydrogen-bond donors (Lipinski definition) is 0. The second-order valence-electron chi connectivity index (χ2n) is 7.21. The molecule has 0 bridgehead atoms. The van der Waals surface area contributed by atoms with Crippen LogP contribution in [0.2, 0.25) is 5.02 Å². The molecule has 10 heteroatoms. The standard InChI is InChI=1S/C23H18ClN3O5S/c1-3-32-22(29)19-13(2)25-23-26(20(19)15-5-4-6-17(12-15)27(30)31)21(28)18(33-23)11-14-7-9-16(24)10-8-14/h4-12,20H,3H2,1-2H3/b18-11+/t20-/m1/s1. The van der Waals surface area contributed by atoms with Crippen LogP contribution in [0, 0.1) is 10.1 Å². The molecule has 0 N–H and O–H groups in total. The first-order valence-corrected chi connectivity index (χ1v) is 11.2. The molecule has 0 amide bonds. The number of benzene rings is 2. The zero-order valence-corrected chi connectivity index (χ0v) is 19.2. The minimum absolute atomic E-state index is 0.137. The number of nitrogens with zero attached hydrogens (tertiary/aromatic N) is 3. The van der Waals surface area contributed by atoms with Gasteiger partial charge in [0.25, 0.3) is 11.2 Å². The molecule has 1 aliphatic heterocycles. The Morgan fingerprint density at radius 2 is 2.03 bits per heavy atom. The number of hydrogen-bond acceptors (Lipinski definition) is 7. The molecule has 33 heavy (non-hydrogen) atoms. The summed E-state index contributed by atoms with van der Waals surface area (Å²) >= 11 is 7.12. The smallest absolute Gasteiger partial charge is 0.338 e. The highest BCUT2D eigenvalue weighted by molar-refractivity contribution is 7.07. The number of ether oxygens (including phenoxy) is 1. The number of halogens is 1. The van der Waals surface area contributed by atoms with Crippen LogP contribution in [0.25, 0.3) is 6.08 Å². The van der Waals surface area contributed by atoms with E-state index in [4.69, 9.17) is 16.3 Å². The number of esters is 1. The summed E-state index contributed by atoms with van der Waals surface area (Å²) in [6.07, 6.45) is 1.72. The first-order valence-electron chi connectivity index (χ1n) is 9.99. The van der Waals surface area contributed by atoms with Gasteiger partial charge in [-0.1, -0.05) is 47.2 Å². The number of aromatic nitrogens is 1. The van der Waals surface area contributed by atoms with E-state index in [0.717, 1.165) is 5.56 Å². The summed E-state index contributed by atoms with van der Waals surface area (Å²) in [7, 11) is 0. The maximum atomic E-state index is 13.5. The third-order valence-electron chi connectivity index (χ3n) is 5.08. The van der Waals surface area contributed by atoms with Gasteiger partial charge in [-0.05, 0) is 43.2 Å². The minimum Gasteiger partial charge on any atom is -0.463 e. The van der Waals surface area contributed by atoms with Crippen LogP contribution in [0.15, 0.2) is 69.6 Å². The van der Waals surface area contributed by atoms with Gasteiger partial charge in [0.1, 0.15) is 0 Å². The number of allylic oxidation sites excluding steroid dienone is 1. The molecule has 2 heterocycles. The zero-order valence-electron chi connectivity index (χ0n) is 17.6. The van der Waals surface area contributed by atoms with E-state index in [1.54, 1.807) is 50.3 Å². The van der Waals surface area contributed by atoms with E-state index < -0.39 is 16.9 Å². The van der Waals surface area contributed by atoms with Gasteiger partial charge in [-0.25, -0.2) is 9.79 Å². The number of carbonyl (C=O) groups is 1. The van der Waals surface area contributed by atoms with Gasteiger partial charge in [-0.15, -0.1) is 0 Å². The number of nitro groups is 1. The quantitative estimate of drug-likeness (QED) is 0.314. The van der Waals surface area contributed by atoms with Gasteiger partial charge in [0, 0.05) is 17.2 Å². The van der Waals surface area contributed by atoms with E-state index in [9.17, 15) is 19.7 Å². The maximum absolute atomic E-state index is 13.5. The van der Waals surface area contributed by atoms with Crippen molar-refractivity contribution in [2.45, 2.75) is 19.9 Å². The molecule has 1 aromatic heterocycles. The van der Waals surface area contributed by atoms with Crippen molar-refractivity contribution < 1.29 is 14.5 Å². The summed E-state index contributed by atoms with van der Waals surface area (Å²) in [5.74, 6) is -0.623. The summed E-state index contributed by atoms with van der Waals surface area (Å²) in [6.45, 7) is 3.47. The molecule has 0 saturated carbocycles. The number of nitro benzene ring substituents is 1. The summed E-state index contributed by atoms with van der Waals surface area (Å²) in [4.78, 5) is 42.0. The Hall–Kier alpha value is -3.56. The van der Waals surface area contributed by atoms with Crippen LogP contribution in [0.1, 0.15) is 31.0 Å². The molecule has 0 spiro atoms. The lowest BCUT2D eigenvalue weighted by molar-refractivity contribution is -0.384. The summed E-state index contributed by atoms with van der Waals surface area (Å²) in [5.41, 5.74) is 1.25. The largest absolute Gasteiger partial charge is 0.463 e. The third-order valence-corrected chi connectivity index (χ3v) is 6.32. The maximum Gasteiger partial charge on any atom is 0.338 e. The number of non-ortho nitro benzene ring substituents is 1. The second kappa shape index (κ2) is 9.13. The van der Waals surface area contributed by atoms with Gasteiger partial charge in [0.05, 0.1) is 33.4 Å². The van der Waals surface area contributed by atoms with Crippen molar-refractivity contribution in [2.24, 2.45) is 4.99 Å². The normalized spacial score (nSPS) is 15.7. The lowest BCUT2D eigenvalue weighted by Crippen LogP contribution is -2.39. The van der Waals surface area contributed by atoms with E-state index in [2.05, 4.69) is 4.99 Å². The van der Waals surface area contributed by atoms with Gasteiger partial charge in [-0.3, -0.25) is 19.5 Å². The van der Waals surface area contributed by atoms with E-state index in [0.29, 0.717) is 25.6 Å². The van der Waals surface area contributed by atoms with E-state index in [1.807, 2.05) is 0 Å². The molecule has 4 rings (SSSR count). The summed E-state index contributed by atoms with van der Waals surface area (Å²) in [6, 6.07) is 12.0. The van der Waals surface area contributed by atoms with Crippen LogP contribution < -0.4 is 14.9 Å². The average Bonchev–Trinajstić information content (AvgIpc) is 3.09. The molecule has 8 nitrogen and oxygen atoms in total. The fraction of sp³-hybridized carbons (Fsp3) is 0.174. The van der Waals surface area contributed by atoms with Gasteiger partial charge < -0.3 is 4.74 Å². The van der Waals surface area contributed by atoms with Crippen molar-refractivity contribution in [3.05, 3.63) is 106 Å². The van der Waals surface area contributed by atoms with Crippen LogP contribution in [0.5, 0.6) is 0 Å². The lowest BCUT2D eigenvalue weighted by atomic mass is 9.95. The highest BCUT2D eigenvalue weighted by Gasteiger charge is 2.34. The molecular weight excluding hydrogens is 466 g/mol. The topological polar surface area (TPSA) is 104 Å². The van der Waals surface area contributed by atoms with Gasteiger partial charge in [0.2, 0.25) is 0 Å². The summed E-state index contributed by atoms with van der Waals surface area (Å²) in [5, 5.41) is 11.9. The molecular formula is C23H18ClN3O5S. The fourth-order valence-electron chi connectivity index (χ4n) is 3.63. The van der Waals surface area contributed by atoms with Crippen molar-refractivity contribution >= 4 is 40.7 Å². The Kier molecular flexibility index (Phi) is 6.26. The molecule has 3 aromatic rings. The molecule has 0 aliphatic carbocycles. The predicted molar refractivity (Wildman–Crippen MR) is 125 cm³/mol. The van der Waals surface area contributed by atoms with Gasteiger partial charge in [-0.2, -0.15) is 0 Å². The first kappa shape index (κ1) is 22.6. The van der Waals surface area contributed by atoms with Crippen molar-refractivity contribution in [1.29, 1.82) is 0 Å². The second-order valence-corrected chi connectivity index (χ2v) is 8.65. The molecule has 1 atom stereocenters. The average molecular weight is 484 g/mol. The number of rotatable bonds is 5. The predicted octanol–water partition coefficient (Wildman–Crippen LogP) is 3.36. The molecule has 0 unspecified atom stereocenters. The van der Waals surface area contributed by atoms with Crippen LogP contribution in [0.4, 0.5) is 5.69 Å². The number of thiazole rings is 1. The van der Waals surface area contributed by atoms with Crippen LogP contribution in [0.3, 0.4) is 0 Å². The molecule has 0 fully saturated rings. The molecule has 0 radical (unpaired) electrons. The highest BCUT2D eigenvalue weighted by Crippen LogP contribution is 2.32. The van der Waals surface area contributed by atoms with Crippen molar-refractivity contribution in [3.8, 4) is 0 Å². The third kappa shape index (κ3) is 4.37. The lowest BCUT2D eigenvalue weighted by Gasteiger charge is -2.24. The Bertz CT molecular complexity index is 1470. The van der Waals surface area contributed by atoms with E-state index in [-0.39, 0.29) is 23.4 Å². The van der Waals surface area contributed by atoms with Crippen LogP contribution in [-0.2, 0) is 9.53 Å². The summed E-state index contributed by atoms with van der Waals surface area (Å²) < 4.78 is 7.03. The number of fused-ring (bicyclic) bond motifs is 1. The first-order chi connectivity index (χ1) is 15.8. The van der Waals surface area contributed by atoms with Crippen molar-refractivity contribution in [2.75, 3.05) is 6.61 Å². The highest BCUT2D eigenvalue weighted by atomic mass is 35.5. The van der Waals surface area contributed by atoms with Gasteiger partial charge >= 0.3 is 5.97 Å². The Labute approximate surface area is 196 Å². The Balaban J connectivity index is 1.97. The van der Waals surface area contributed by atoms with Gasteiger partial charge in [0.15, 0.2) is 4.80 Å². The monoisotopic (exact) mass is 483 g/mol. The van der Waals surface area contributed by atoms with Crippen LogP contribution >= 0.6 is 22.9 Å².